The summed E-state index contributed by atoms with van der Waals surface area (Å²) in [6.45, 7) is 4.01. The van der Waals surface area contributed by atoms with Crippen LogP contribution >= 0.6 is 11.6 Å². The number of hydrogen-bond acceptors (Lipinski definition) is 5. The van der Waals surface area contributed by atoms with E-state index in [0.29, 0.717) is 36.7 Å². The molecule has 0 aliphatic carbocycles. The molecule has 25 heavy (non-hydrogen) atoms. The minimum absolute atomic E-state index is 0.149. The Balaban J connectivity index is 1.47. The van der Waals surface area contributed by atoms with Crippen LogP contribution in [0.1, 0.15) is 38.2 Å². The van der Waals surface area contributed by atoms with Crippen molar-refractivity contribution in [1.82, 2.24) is 10.2 Å². The Morgan fingerprint density at radius 1 is 1.40 bits per heavy atom. The van der Waals surface area contributed by atoms with Crippen LogP contribution in [-0.2, 0) is 11.3 Å². The summed E-state index contributed by atoms with van der Waals surface area (Å²) < 4.78 is 10.7. The molecule has 0 radical (unpaired) electrons. The van der Waals surface area contributed by atoms with Crippen molar-refractivity contribution in [2.24, 2.45) is 0 Å². The molecule has 1 saturated heterocycles. The first-order chi connectivity index (χ1) is 12.1. The number of β-amino-alcohol motifs (C(OH)–C–C–N with tert-alkyl or cyclic N) is 1. The van der Waals surface area contributed by atoms with Gasteiger partial charge in [0.05, 0.1) is 6.10 Å². The zero-order valence-electron chi connectivity index (χ0n) is 14.5. The van der Waals surface area contributed by atoms with E-state index in [2.05, 4.69) is 5.32 Å². The van der Waals surface area contributed by atoms with E-state index in [1.54, 1.807) is 6.07 Å². The Labute approximate surface area is 153 Å². The van der Waals surface area contributed by atoms with Crippen molar-refractivity contribution in [1.29, 1.82) is 0 Å². The number of aliphatic hydroxyl groups excluding tert-OH is 1. The molecule has 2 atom stereocenters. The number of hydrogen-bond donors (Lipinski definition) is 2. The molecule has 2 aliphatic rings. The smallest absolute Gasteiger partial charge is 0.231 e. The van der Waals surface area contributed by atoms with Gasteiger partial charge in [0.1, 0.15) is 0 Å². The lowest BCUT2D eigenvalue weighted by Crippen LogP contribution is -2.40. The second kappa shape index (κ2) is 8.25. The van der Waals surface area contributed by atoms with E-state index < -0.39 is 6.10 Å². The fourth-order valence-electron chi connectivity index (χ4n) is 3.29. The first-order valence-corrected chi connectivity index (χ1v) is 9.22. The molecule has 3 rings (SSSR count). The average Bonchev–Trinajstić information content (AvgIpc) is 3.18. The van der Waals surface area contributed by atoms with Gasteiger partial charge in [-0.3, -0.25) is 4.79 Å². The third-order valence-corrected chi connectivity index (χ3v) is 5.19. The van der Waals surface area contributed by atoms with Crippen molar-refractivity contribution < 1.29 is 19.4 Å². The molecule has 0 aromatic heterocycles. The van der Waals surface area contributed by atoms with Crippen LogP contribution in [-0.4, -0.2) is 47.9 Å². The SMILES string of the molecule is CC[C@H](O)CN1C(=O)CC[C@H]1CCNCc1cc2c(cc1Cl)OCO2. The zero-order valence-corrected chi connectivity index (χ0v) is 15.2. The fraction of sp³-hybridized carbons (Fsp3) is 0.611. The average molecular weight is 369 g/mol. The van der Waals surface area contributed by atoms with Gasteiger partial charge in [-0.25, -0.2) is 0 Å². The molecule has 138 valence electrons. The van der Waals surface area contributed by atoms with E-state index >= 15 is 0 Å². The highest BCUT2D eigenvalue weighted by atomic mass is 35.5. The monoisotopic (exact) mass is 368 g/mol. The number of carbonyl (C=O) groups excluding carboxylic acids is 1. The molecule has 1 aromatic carbocycles. The van der Waals surface area contributed by atoms with Crippen molar-refractivity contribution in [2.75, 3.05) is 19.9 Å². The molecule has 1 amide bonds. The molecule has 7 heteroatoms. The van der Waals surface area contributed by atoms with E-state index in [1.807, 2.05) is 17.9 Å². The summed E-state index contributed by atoms with van der Waals surface area (Å²) in [4.78, 5) is 13.8. The van der Waals surface area contributed by atoms with Crippen LogP contribution in [0, 0.1) is 0 Å². The van der Waals surface area contributed by atoms with Crippen LogP contribution in [0.15, 0.2) is 12.1 Å². The molecular weight excluding hydrogens is 344 g/mol. The van der Waals surface area contributed by atoms with Gasteiger partial charge in [-0.05, 0) is 37.4 Å². The number of ether oxygens (including phenoxy) is 2. The van der Waals surface area contributed by atoms with Crippen molar-refractivity contribution >= 4 is 17.5 Å². The van der Waals surface area contributed by atoms with Crippen molar-refractivity contribution in [2.45, 2.75) is 51.3 Å². The van der Waals surface area contributed by atoms with E-state index in [9.17, 15) is 9.90 Å². The summed E-state index contributed by atoms with van der Waals surface area (Å²) in [5.74, 6) is 1.56. The van der Waals surface area contributed by atoms with Gasteiger partial charge in [0, 0.05) is 36.6 Å². The molecule has 0 unspecified atom stereocenters. The van der Waals surface area contributed by atoms with E-state index in [1.165, 1.54) is 0 Å². The van der Waals surface area contributed by atoms with Gasteiger partial charge in [0.2, 0.25) is 12.7 Å². The highest BCUT2D eigenvalue weighted by Gasteiger charge is 2.31. The Hall–Kier alpha value is -1.50. The van der Waals surface area contributed by atoms with E-state index in [0.717, 1.165) is 30.7 Å². The number of nitrogens with zero attached hydrogens (tertiary/aromatic N) is 1. The van der Waals surface area contributed by atoms with Crippen molar-refractivity contribution in [3.63, 3.8) is 0 Å². The maximum Gasteiger partial charge on any atom is 0.231 e. The number of likely N-dealkylation sites (tertiary alicyclic amines) is 1. The first kappa shape index (κ1) is 18.3. The Bertz CT molecular complexity index is 625. The summed E-state index contributed by atoms with van der Waals surface area (Å²) in [5, 5.41) is 13.9. The number of fused-ring (bicyclic) bond motifs is 1. The predicted octanol–water partition coefficient (Wildman–Crippen LogP) is 2.31. The van der Waals surface area contributed by atoms with Gasteiger partial charge in [-0.15, -0.1) is 0 Å². The van der Waals surface area contributed by atoms with Crippen molar-refractivity contribution in [3.8, 4) is 11.5 Å². The van der Waals surface area contributed by atoms with Crippen LogP contribution in [0.2, 0.25) is 5.02 Å². The third kappa shape index (κ3) is 4.37. The molecule has 2 aliphatic heterocycles. The van der Waals surface area contributed by atoms with Crippen LogP contribution < -0.4 is 14.8 Å². The van der Waals surface area contributed by atoms with Crippen LogP contribution in [0.5, 0.6) is 11.5 Å². The summed E-state index contributed by atoms with van der Waals surface area (Å²) in [5.41, 5.74) is 0.965. The minimum Gasteiger partial charge on any atom is -0.454 e. The highest BCUT2D eigenvalue weighted by Crippen LogP contribution is 2.36. The molecule has 0 spiro atoms. The van der Waals surface area contributed by atoms with Gasteiger partial charge >= 0.3 is 0 Å². The summed E-state index contributed by atoms with van der Waals surface area (Å²) in [6, 6.07) is 3.89. The number of amides is 1. The Kier molecular flexibility index (Phi) is 6.04. The molecular formula is C18H25ClN2O4. The molecule has 0 bridgehead atoms. The molecule has 2 N–H and O–H groups in total. The second-order valence-electron chi connectivity index (χ2n) is 6.56. The van der Waals surface area contributed by atoms with Gasteiger partial charge in [0.25, 0.3) is 0 Å². The molecule has 6 nitrogen and oxygen atoms in total. The van der Waals surface area contributed by atoms with Crippen LogP contribution in [0.4, 0.5) is 0 Å². The zero-order chi connectivity index (χ0) is 17.8. The van der Waals surface area contributed by atoms with Crippen molar-refractivity contribution in [3.05, 3.63) is 22.7 Å². The summed E-state index contributed by atoms with van der Waals surface area (Å²) in [6.07, 6.45) is 2.53. The molecule has 2 heterocycles. The largest absolute Gasteiger partial charge is 0.454 e. The Morgan fingerprint density at radius 2 is 2.16 bits per heavy atom. The van der Waals surface area contributed by atoms with Gasteiger partial charge in [-0.1, -0.05) is 18.5 Å². The maximum absolute atomic E-state index is 12.0. The van der Waals surface area contributed by atoms with Gasteiger partial charge < -0.3 is 24.8 Å². The van der Waals surface area contributed by atoms with E-state index in [4.69, 9.17) is 21.1 Å². The lowest BCUT2D eigenvalue weighted by atomic mass is 10.1. The number of benzene rings is 1. The summed E-state index contributed by atoms with van der Waals surface area (Å²) >= 11 is 6.27. The van der Waals surface area contributed by atoms with Crippen LogP contribution in [0.3, 0.4) is 0 Å². The number of nitrogens with one attached hydrogen (secondary N) is 1. The number of rotatable bonds is 8. The second-order valence-corrected chi connectivity index (χ2v) is 6.97. The normalized spacial score (nSPS) is 20.4. The molecule has 1 fully saturated rings. The van der Waals surface area contributed by atoms with Crippen LogP contribution in [0.25, 0.3) is 0 Å². The van der Waals surface area contributed by atoms with Gasteiger partial charge in [0.15, 0.2) is 11.5 Å². The molecule has 1 aromatic rings. The standard InChI is InChI=1S/C18H25ClN2O4/c1-2-14(22)10-21-13(3-4-18(21)23)5-6-20-9-12-7-16-17(8-15(12)19)25-11-24-16/h7-8,13-14,20,22H,2-6,9-11H2,1H3/t13-,14-/m0/s1. The highest BCUT2D eigenvalue weighted by molar-refractivity contribution is 6.31. The minimum atomic E-state index is -0.440. The fourth-order valence-corrected chi connectivity index (χ4v) is 3.51. The lowest BCUT2D eigenvalue weighted by molar-refractivity contribution is -0.130. The first-order valence-electron chi connectivity index (χ1n) is 8.84. The predicted molar refractivity (Wildman–Crippen MR) is 94.9 cm³/mol. The lowest BCUT2D eigenvalue weighted by Gasteiger charge is -2.27. The van der Waals surface area contributed by atoms with E-state index in [-0.39, 0.29) is 18.7 Å². The third-order valence-electron chi connectivity index (χ3n) is 4.84. The number of carbonyl (C=O) groups is 1. The Morgan fingerprint density at radius 3 is 2.92 bits per heavy atom. The summed E-state index contributed by atoms with van der Waals surface area (Å²) in [7, 11) is 0. The molecule has 0 saturated carbocycles. The maximum atomic E-state index is 12.0. The topological polar surface area (TPSA) is 71.0 Å². The number of aliphatic hydroxyl groups is 1. The van der Waals surface area contributed by atoms with Gasteiger partial charge in [-0.2, -0.15) is 0 Å². The number of halogens is 1. The quantitative estimate of drug-likeness (QED) is 0.689.